The number of amides is 2. The number of primary amides is 1. The lowest BCUT2D eigenvalue weighted by atomic mass is 9.99. The summed E-state index contributed by atoms with van der Waals surface area (Å²) >= 11 is 0. The average molecular weight is 385 g/mol. The molecule has 2 atom stereocenters. The molecule has 1 aromatic carbocycles. The third-order valence-corrected chi connectivity index (χ3v) is 4.50. The number of nitrogens with two attached hydrogens (primary N) is 1. The van der Waals surface area contributed by atoms with Crippen LogP contribution in [0.4, 0.5) is 0 Å². The minimum absolute atomic E-state index is 0.389. The van der Waals surface area contributed by atoms with E-state index in [2.05, 4.69) is 16.9 Å². The number of carbonyl (C=O) groups is 2. The number of benzene rings is 1. The minimum atomic E-state index is -1.45. The van der Waals surface area contributed by atoms with Gasteiger partial charge in [0, 0.05) is 16.8 Å². The maximum Gasteiger partial charge on any atom is 0.252 e. The Labute approximate surface area is 165 Å². The topological polar surface area (TPSA) is 114 Å². The molecule has 1 heterocycles. The van der Waals surface area contributed by atoms with E-state index in [-0.39, 0.29) is 0 Å². The minimum Gasteiger partial charge on any atom is -0.478 e. The largest absolute Gasteiger partial charge is 0.478 e. The van der Waals surface area contributed by atoms with Gasteiger partial charge in [0.2, 0.25) is 11.8 Å². The van der Waals surface area contributed by atoms with Gasteiger partial charge in [-0.25, -0.2) is 4.99 Å². The first kappa shape index (κ1) is 21.4. The molecule has 7 nitrogen and oxygen atoms in total. The van der Waals surface area contributed by atoms with E-state index >= 15 is 0 Å². The number of aliphatic hydroxyl groups excluding tert-OH is 1. The number of ether oxygens (including phenoxy) is 1. The number of aliphatic imine (C=N–C) groups is 1. The molecular weight excluding hydrogens is 358 g/mol. The number of nitrogens with zero attached hydrogens (tertiary/aromatic N) is 1. The molecule has 0 bridgehead atoms. The van der Waals surface area contributed by atoms with Crippen LogP contribution in [0.1, 0.15) is 48.5 Å². The van der Waals surface area contributed by atoms with Gasteiger partial charge in [-0.15, -0.1) is 0 Å². The number of carbonyl (C=O) groups excluding carboxylic acids is 2. The average Bonchev–Trinajstić information content (AvgIpc) is 2.68. The van der Waals surface area contributed by atoms with Gasteiger partial charge in [-0.2, -0.15) is 0 Å². The molecule has 2 unspecified atom stereocenters. The second kappa shape index (κ2) is 10.4. The second-order valence-corrected chi connectivity index (χ2v) is 6.61. The van der Waals surface area contributed by atoms with Crippen LogP contribution in [-0.2, 0) is 9.53 Å². The van der Waals surface area contributed by atoms with Crippen molar-refractivity contribution in [3.63, 3.8) is 0 Å². The molecule has 0 fully saturated rings. The fourth-order valence-electron chi connectivity index (χ4n) is 3.01. The Morgan fingerprint density at radius 1 is 1.36 bits per heavy atom. The maximum atomic E-state index is 12.9. The Hall–Kier alpha value is -2.93. The van der Waals surface area contributed by atoms with Crippen molar-refractivity contribution in [2.24, 2.45) is 10.7 Å². The van der Waals surface area contributed by atoms with Crippen molar-refractivity contribution in [2.75, 3.05) is 6.61 Å². The van der Waals surface area contributed by atoms with Gasteiger partial charge in [-0.3, -0.25) is 9.59 Å². The molecule has 0 aromatic heterocycles. The van der Waals surface area contributed by atoms with Crippen LogP contribution in [0.3, 0.4) is 0 Å². The zero-order chi connectivity index (χ0) is 20.5. The van der Waals surface area contributed by atoms with E-state index in [1.54, 1.807) is 37.3 Å². The molecule has 0 aliphatic carbocycles. The van der Waals surface area contributed by atoms with E-state index in [1.165, 1.54) is 0 Å². The second-order valence-electron chi connectivity index (χ2n) is 6.61. The number of rotatable bonds is 3. The fourth-order valence-corrected chi connectivity index (χ4v) is 3.01. The van der Waals surface area contributed by atoms with E-state index in [0.29, 0.717) is 42.2 Å². The lowest BCUT2D eigenvalue weighted by molar-refractivity contribution is -0.127. The lowest BCUT2D eigenvalue weighted by Gasteiger charge is -2.23. The zero-order valence-electron chi connectivity index (χ0n) is 16.1. The van der Waals surface area contributed by atoms with Gasteiger partial charge in [0.25, 0.3) is 5.91 Å². The van der Waals surface area contributed by atoms with Crippen LogP contribution in [0.2, 0.25) is 0 Å². The van der Waals surface area contributed by atoms with E-state index < -0.39 is 24.0 Å². The molecule has 0 saturated heterocycles. The SMILES string of the molecule is C=C/C=C1\N=C(/C)c2ccccc2C(=O)NC(C(O)C(N)=O)CCCCCO1. The number of fused-ring (bicyclic) bond motifs is 1. The normalized spacial score (nSPS) is 23.2. The lowest BCUT2D eigenvalue weighted by Crippen LogP contribution is -2.49. The van der Waals surface area contributed by atoms with Crippen LogP contribution in [-0.4, -0.2) is 41.4 Å². The van der Waals surface area contributed by atoms with Crippen molar-refractivity contribution < 1.29 is 19.4 Å². The molecule has 4 N–H and O–H groups in total. The molecule has 2 amide bonds. The molecule has 2 rings (SSSR count). The molecule has 150 valence electrons. The Bertz CT molecular complexity index is 786. The third kappa shape index (κ3) is 5.79. The molecule has 0 spiro atoms. The van der Waals surface area contributed by atoms with Crippen molar-refractivity contribution in [3.05, 3.63) is 60.0 Å². The van der Waals surface area contributed by atoms with Gasteiger partial charge in [-0.1, -0.05) is 37.3 Å². The number of nitrogens with one attached hydrogen (secondary N) is 1. The summed E-state index contributed by atoms with van der Waals surface area (Å²) in [5, 5.41) is 12.9. The predicted octanol–water partition coefficient (Wildman–Crippen LogP) is 2.06. The summed E-state index contributed by atoms with van der Waals surface area (Å²) in [4.78, 5) is 28.8. The molecule has 1 aliphatic heterocycles. The Morgan fingerprint density at radius 2 is 2.07 bits per heavy atom. The monoisotopic (exact) mass is 385 g/mol. The third-order valence-electron chi connectivity index (χ3n) is 4.50. The molecule has 0 radical (unpaired) electrons. The number of allylic oxidation sites excluding steroid dienone is 2. The van der Waals surface area contributed by atoms with Crippen molar-refractivity contribution in [2.45, 2.75) is 44.8 Å². The summed E-state index contributed by atoms with van der Waals surface area (Å²) in [5.41, 5.74) is 6.86. The number of hydrogen-bond donors (Lipinski definition) is 3. The van der Waals surface area contributed by atoms with Crippen LogP contribution in [0.25, 0.3) is 0 Å². The van der Waals surface area contributed by atoms with Crippen molar-refractivity contribution in [1.29, 1.82) is 0 Å². The van der Waals surface area contributed by atoms with Gasteiger partial charge < -0.3 is 20.9 Å². The Morgan fingerprint density at radius 3 is 2.75 bits per heavy atom. The molecule has 0 saturated carbocycles. The highest BCUT2D eigenvalue weighted by Crippen LogP contribution is 2.16. The highest BCUT2D eigenvalue weighted by atomic mass is 16.5. The van der Waals surface area contributed by atoms with E-state index in [1.807, 2.05) is 6.07 Å². The summed E-state index contributed by atoms with van der Waals surface area (Å²) in [6.07, 6.45) is 4.54. The Kier molecular flexibility index (Phi) is 7.95. The molecule has 7 heteroatoms. The van der Waals surface area contributed by atoms with Crippen LogP contribution in [0, 0.1) is 0 Å². The smallest absolute Gasteiger partial charge is 0.252 e. The first-order valence-electron chi connectivity index (χ1n) is 9.32. The molecule has 1 aliphatic rings. The summed E-state index contributed by atoms with van der Waals surface area (Å²) < 4.78 is 5.73. The maximum absolute atomic E-state index is 12.9. The van der Waals surface area contributed by atoms with E-state index in [0.717, 1.165) is 12.8 Å². The van der Waals surface area contributed by atoms with E-state index in [4.69, 9.17) is 10.5 Å². The fraction of sp³-hybridized carbons (Fsp3) is 0.381. The Balaban J connectivity index is 2.43. The first-order valence-corrected chi connectivity index (χ1v) is 9.32. The highest BCUT2D eigenvalue weighted by molar-refractivity contribution is 6.09. The van der Waals surface area contributed by atoms with E-state index in [9.17, 15) is 14.7 Å². The van der Waals surface area contributed by atoms with Gasteiger partial charge >= 0.3 is 0 Å². The summed E-state index contributed by atoms with van der Waals surface area (Å²) in [6.45, 7) is 5.95. The summed E-state index contributed by atoms with van der Waals surface area (Å²) in [5.74, 6) is -0.829. The van der Waals surface area contributed by atoms with Gasteiger partial charge in [0.05, 0.1) is 12.6 Å². The molecule has 1 aromatic rings. The van der Waals surface area contributed by atoms with Gasteiger partial charge in [0.15, 0.2) is 6.10 Å². The van der Waals surface area contributed by atoms with Gasteiger partial charge in [-0.05, 0) is 38.3 Å². The van der Waals surface area contributed by atoms with Gasteiger partial charge in [0.1, 0.15) is 0 Å². The molecular formula is C21H27N3O4. The van der Waals surface area contributed by atoms with Crippen LogP contribution in [0.5, 0.6) is 0 Å². The molecule has 28 heavy (non-hydrogen) atoms. The highest BCUT2D eigenvalue weighted by Gasteiger charge is 2.26. The van der Waals surface area contributed by atoms with Crippen LogP contribution in [0.15, 0.2) is 53.9 Å². The number of aliphatic hydroxyl groups is 1. The summed E-state index contributed by atoms with van der Waals surface area (Å²) in [7, 11) is 0. The van der Waals surface area contributed by atoms with Crippen LogP contribution < -0.4 is 11.1 Å². The van der Waals surface area contributed by atoms with Crippen molar-refractivity contribution in [3.8, 4) is 0 Å². The zero-order valence-corrected chi connectivity index (χ0v) is 16.1. The summed E-state index contributed by atoms with van der Waals surface area (Å²) in [6, 6.07) is 6.24. The van der Waals surface area contributed by atoms with Crippen LogP contribution >= 0.6 is 0 Å². The quantitative estimate of drug-likeness (QED) is 0.739. The van der Waals surface area contributed by atoms with Crippen molar-refractivity contribution >= 4 is 17.5 Å². The predicted molar refractivity (Wildman–Crippen MR) is 108 cm³/mol. The first-order chi connectivity index (χ1) is 13.4. The van der Waals surface area contributed by atoms with Crippen molar-refractivity contribution in [1.82, 2.24) is 5.32 Å². The standard InChI is InChI=1S/C21H27N3O4/c1-3-9-18-23-14(2)15-10-6-7-11-16(15)21(27)24-17(19(25)20(22)26)12-5-4-8-13-28-18/h3,6-7,9-11,17,19,25H,1,4-5,8,12-13H2,2H3,(H2,22,26)(H,24,27)/b18-9+,23-14+. The number of hydrogen-bond acceptors (Lipinski definition) is 5.